The Kier molecular flexibility index (Phi) is 1.36. The van der Waals surface area contributed by atoms with E-state index >= 15 is 0 Å². The van der Waals surface area contributed by atoms with Crippen LogP contribution in [0.4, 0.5) is 0 Å². The molecular formula is C7H6S2. The summed E-state index contributed by atoms with van der Waals surface area (Å²) in [5.74, 6) is 1.16. The summed E-state index contributed by atoms with van der Waals surface area (Å²) in [4.78, 5) is 1.44. The molecule has 0 atom stereocenters. The lowest BCUT2D eigenvalue weighted by atomic mass is 10.3. The Balaban J connectivity index is 2.53. The fraction of sp³-hybridized carbons (Fsp3) is 0.143. The third-order valence-corrected chi connectivity index (χ3v) is 3.07. The van der Waals surface area contributed by atoms with E-state index in [-0.39, 0.29) is 0 Å². The molecule has 9 heavy (non-hydrogen) atoms. The molecule has 1 aromatic heterocycles. The first kappa shape index (κ1) is 5.57. The van der Waals surface area contributed by atoms with E-state index in [1.807, 2.05) is 23.1 Å². The highest BCUT2D eigenvalue weighted by molar-refractivity contribution is 8.01. The number of thiophene rings is 1. The lowest BCUT2D eigenvalue weighted by Gasteiger charge is -2.01. The van der Waals surface area contributed by atoms with Gasteiger partial charge in [0.05, 0.1) is 0 Å². The van der Waals surface area contributed by atoms with Gasteiger partial charge in [-0.15, -0.1) is 23.1 Å². The van der Waals surface area contributed by atoms with Gasteiger partial charge in [0.1, 0.15) is 0 Å². The van der Waals surface area contributed by atoms with Crippen molar-refractivity contribution >= 4 is 29.2 Å². The second-order valence-electron chi connectivity index (χ2n) is 1.92. The first-order valence-electron chi connectivity index (χ1n) is 2.81. The molecule has 0 unspecified atom stereocenters. The third kappa shape index (κ3) is 0.926. The van der Waals surface area contributed by atoms with Crippen molar-refractivity contribution in [3.8, 4) is 0 Å². The van der Waals surface area contributed by atoms with Crippen molar-refractivity contribution in [3.63, 3.8) is 0 Å². The molecular weight excluding hydrogens is 148 g/mol. The SMILES string of the molecule is C1=Cc2sccc2CS1. The van der Waals surface area contributed by atoms with Gasteiger partial charge < -0.3 is 0 Å². The van der Waals surface area contributed by atoms with Crippen molar-refractivity contribution in [1.82, 2.24) is 0 Å². The lowest BCUT2D eigenvalue weighted by Crippen LogP contribution is -1.80. The van der Waals surface area contributed by atoms with Crippen LogP contribution in [0.25, 0.3) is 6.08 Å². The average molecular weight is 154 g/mol. The molecule has 0 spiro atoms. The summed E-state index contributed by atoms with van der Waals surface area (Å²) in [5.41, 5.74) is 1.49. The smallest absolute Gasteiger partial charge is 0.0315 e. The minimum Gasteiger partial charge on any atom is -0.144 e. The second-order valence-corrected chi connectivity index (χ2v) is 3.77. The van der Waals surface area contributed by atoms with Crippen molar-refractivity contribution in [2.24, 2.45) is 0 Å². The van der Waals surface area contributed by atoms with E-state index in [2.05, 4.69) is 22.9 Å². The van der Waals surface area contributed by atoms with Crippen LogP contribution in [0.2, 0.25) is 0 Å². The standard InChI is InChI=1S/C7H6S2/c1-4-9-7-2-3-8-5-6(1)7/h1-4H,5H2. The molecule has 0 fully saturated rings. The van der Waals surface area contributed by atoms with Crippen LogP contribution in [0.1, 0.15) is 10.4 Å². The van der Waals surface area contributed by atoms with E-state index in [0.717, 1.165) is 5.75 Å². The molecule has 0 amide bonds. The Bertz CT molecular complexity index is 235. The van der Waals surface area contributed by atoms with Gasteiger partial charge in [-0.3, -0.25) is 0 Å². The molecule has 0 N–H and O–H groups in total. The quantitative estimate of drug-likeness (QED) is 0.553. The summed E-state index contributed by atoms with van der Waals surface area (Å²) < 4.78 is 0. The van der Waals surface area contributed by atoms with E-state index < -0.39 is 0 Å². The molecule has 0 aliphatic carbocycles. The van der Waals surface area contributed by atoms with Crippen LogP contribution in [0, 0.1) is 0 Å². The minimum atomic E-state index is 1.16. The maximum absolute atomic E-state index is 2.20. The monoisotopic (exact) mass is 154 g/mol. The van der Waals surface area contributed by atoms with Gasteiger partial charge >= 0.3 is 0 Å². The Labute approximate surface area is 62.6 Å². The Morgan fingerprint density at radius 1 is 1.44 bits per heavy atom. The van der Waals surface area contributed by atoms with Gasteiger partial charge in [-0.1, -0.05) is 0 Å². The van der Waals surface area contributed by atoms with Crippen molar-refractivity contribution < 1.29 is 0 Å². The Morgan fingerprint density at radius 3 is 3.33 bits per heavy atom. The van der Waals surface area contributed by atoms with Gasteiger partial charge in [-0.2, -0.15) is 0 Å². The van der Waals surface area contributed by atoms with E-state index in [1.165, 1.54) is 10.4 Å². The van der Waals surface area contributed by atoms with Gasteiger partial charge in [0.2, 0.25) is 0 Å². The van der Waals surface area contributed by atoms with E-state index in [9.17, 15) is 0 Å². The number of hydrogen-bond donors (Lipinski definition) is 0. The molecule has 0 bridgehead atoms. The van der Waals surface area contributed by atoms with Crippen LogP contribution in [0.5, 0.6) is 0 Å². The minimum absolute atomic E-state index is 1.16. The summed E-state index contributed by atoms with van der Waals surface area (Å²) in [5, 5.41) is 4.32. The summed E-state index contributed by atoms with van der Waals surface area (Å²) in [7, 11) is 0. The number of hydrogen-bond acceptors (Lipinski definition) is 2. The highest BCUT2D eigenvalue weighted by atomic mass is 32.2. The maximum atomic E-state index is 2.20. The zero-order valence-electron chi connectivity index (χ0n) is 4.83. The number of fused-ring (bicyclic) bond motifs is 1. The summed E-state index contributed by atoms with van der Waals surface area (Å²) in [6.07, 6.45) is 2.19. The van der Waals surface area contributed by atoms with Crippen LogP contribution in [0.3, 0.4) is 0 Å². The molecule has 1 aliphatic rings. The van der Waals surface area contributed by atoms with Gasteiger partial charge in [-0.05, 0) is 28.5 Å². The predicted octanol–water partition coefficient (Wildman–Crippen LogP) is 2.97. The molecule has 0 saturated carbocycles. The Hall–Kier alpha value is -0.210. The average Bonchev–Trinajstić information content (AvgIpc) is 2.33. The molecule has 1 aromatic rings. The van der Waals surface area contributed by atoms with Gasteiger partial charge in [-0.25, -0.2) is 0 Å². The molecule has 46 valence electrons. The lowest BCUT2D eigenvalue weighted by molar-refractivity contribution is 1.46. The van der Waals surface area contributed by atoms with Crippen molar-refractivity contribution in [2.75, 3.05) is 0 Å². The molecule has 2 heteroatoms. The highest BCUT2D eigenvalue weighted by Gasteiger charge is 2.03. The van der Waals surface area contributed by atoms with Crippen LogP contribution >= 0.6 is 23.1 Å². The molecule has 0 saturated heterocycles. The first-order chi connectivity index (χ1) is 4.47. The van der Waals surface area contributed by atoms with Crippen molar-refractivity contribution in [2.45, 2.75) is 5.75 Å². The highest BCUT2D eigenvalue weighted by Crippen LogP contribution is 2.28. The maximum Gasteiger partial charge on any atom is 0.0315 e. The predicted molar refractivity (Wildman–Crippen MR) is 44.6 cm³/mol. The zero-order chi connectivity index (χ0) is 6.10. The molecule has 0 nitrogen and oxygen atoms in total. The van der Waals surface area contributed by atoms with Crippen LogP contribution in [-0.2, 0) is 5.75 Å². The summed E-state index contributed by atoms with van der Waals surface area (Å²) >= 11 is 3.69. The van der Waals surface area contributed by atoms with Crippen molar-refractivity contribution in [3.05, 3.63) is 27.3 Å². The topological polar surface area (TPSA) is 0 Å². The van der Waals surface area contributed by atoms with Crippen LogP contribution in [-0.4, -0.2) is 0 Å². The zero-order valence-corrected chi connectivity index (χ0v) is 6.47. The van der Waals surface area contributed by atoms with Gasteiger partial charge in [0, 0.05) is 10.6 Å². The second kappa shape index (κ2) is 2.20. The Morgan fingerprint density at radius 2 is 2.44 bits per heavy atom. The first-order valence-corrected chi connectivity index (χ1v) is 4.74. The molecule has 1 aliphatic heterocycles. The number of rotatable bonds is 0. The molecule has 2 rings (SSSR count). The fourth-order valence-electron chi connectivity index (χ4n) is 0.861. The summed E-state index contributed by atoms with van der Waals surface area (Å²) in [6, 6.07) is 2.20. The van der Waals surface area contributed by atoms with E-state index in [0.29, 0.717) is 0 Å². The van der Waals surface area contributed by atoms with E-state index in [4.69, 9.17) is 0 Å². The molecule has 0 radical (unpaired) electrons. The third-order valence-electron chi connectivity index (χ3n) is 1.34. The molecule has 2 heterocycles. The number of thioether (sulfide) groups is 1. The van der Waals surface area contributed by atoms with Crippen molar-refractivity contribution in [1.29, 1.82) is 0 Å². The van der Waals surface area contributed by atoms with Gasteiger partial charge in [0.15, 0.2) is 0 Å². The summed E-state index contributed by atoms with van der Waals surface area (Å²) in [6.45, 7) is 0. The molecule has 0 aromatic carbocycles. The van der Waals surface area contributed by atoms with Crippen LogP contribution in [0.15, 0.2) is 16.9 Å². The van der Waals surface area contributed by atoms with Gasteiger partial charge in [0.25, 0.3) is 0 Å². The van der Waals surface area contributed by atoms with E-state index in [1.54, 1.807) is 0 Å². The largest absolute Gasteiger partial charge is 0.144 e. The van der Waals surface area contributed by atoms with Crippen LogP contribution < -0.4 is 0 Å². The fourth-order valence-corrected chi connectivity index (χ4v) is 2.62. The normalized spacial score (nSPS) is 15.6.